The van der Waals surface area contributed by atoms with E-state index in [0.717, 1.165) is 0 Å². The molecule has 1 aromatic carbocycles. The van der Waals surface area contributed by atoms with Gasteiger partial charge in [-0.05, 0) is 39.0 Å². The summed E-state index contributed by atoms with van der Waals surface area (Å²) in [6.45, 7) is 5.56. The Balaban J connectivity index is 2.87. The maximum absolute atomic E-state index is 12.1. The van der Waals surface area contributed by atoms with Crippen molar-refractivity contribution in [1.82, 2.24) is 10.6 Å². The van der Waals surface area contributed by atoms with Gasteiger partial charge < -0.3 is 10.6 Å². The molecule has 19 heavy (non-hydrogen) atoms. The number of benzene rings is 1. The van der Waals surface area contributed by atoms with Gasteiger partial charge in [-0.15, -0.1) is 0 Å². The fraction of sp³-hybridized carbons (Fsp3) is 0.385. The van der Waals surface area contributed by atoms with Gasteiger partial charge in [-0.3, -0.25) is 9.59 Å². The molecular weight excluding hydrogens is 287 g/mol. The van der Waals surface area contributed by atoms with Gasteiger partial charge in [0.2, 0.25) is 5.91 Å². The van der Waals surface area contributed by atoms with E-state index in [0.29, 0.717) is 11.6 Å². The Morgan fingerprint density at radius 3 is 2.42 bits per heavy atom. The van der Waals surface area contributed by atoms with Crippen LogP contribution in [0.2, 0.25) is 10.0 Å². The molecule has 0 unspecified atom stereocenters. The number of hydrogen-bond acceptors (Lipinski definition) is 2. The molecule has 0 bridgehead atoms. The first kappa shape index (κ1) is 15.8. The van der Waals surface area contributed by atoms with Crippen molar-refractivity contribution in [2.45, 2.75) is 26.3 Å². The number of halogens is 2. The number of amides is 2. The topological polar surface area (TPSA) is 58.2 Å². The monoisotopic (exact) mass is 302 g/mol. The molecule has 0 saturated heterocycles. The summed E-state index contributed by atoms with van der Waals surface area (Å²) >= 11 is 11.7. The van der Waals surface area contributed by atoms with E-state index in [1.54, 1.807) is 19.9 Å². The molecule has 4 nitrogen and oxygen atoms in total. The lowest BCUT2D eigenvalue weighted by Crippen LogP contribution is -2.54. The molecule has 0 aromatic heterocycles. The fourth-order valence-corrected chi connectivity index (χ4v) is 1.96. The Morgan fingerprint density at radius 1 is 1.26 bits per heavy atom. The average molecular weight is 303 g/mol. The Morgan fingerprint density at radius 2 is 1.89 bits per heavy atom. The predicted octanol–water partition coefficient (Wildman–Crippen LogP) is 2.64. The van der Waals surface area contributed by atoms with Crippen molar-refractivity contribution in [3.63, 3.8) is 0 Å². The molecule has 0 heterocycles. The minimum Gasteiger partial charge on any atom is -0.354 e. The van der Waals surface area contributed by atoms with Crippen molar-refractivity contribution in [1.29, 1.82) is 0 Å². The van der Waals surface area contributed by atoms with E-state index in [4.69, 9.17) is 23.2 Å². The molecule has 1 aromatic rings. The minimum absolute atomic E-state index is 0.247. The lowest BCUT2D eigenvalue weighted by Gasteiger charge is -2.25. The first-order chi connectivity index (χ1) is 8.77. The summed E-state index contributed by atoms with van der Waals surface area (Å²) in [7, 11) is 0. The smallest absolute Gasteiger partial charge is 0.253 e. The van der Waals surface area contributed by atoms with Crippen LogP contribution in [0.5, 0.6) is 0 Å². The fourth-order valence-electron chi connectivity index (χ4n) is 1.46. The normalized spacial score (nSPS) is 11.0. The number of carbonyl (C=O) groups is 2. The van der Waals surface area contributed by atoms with Crippen LogP contribution in [0.1, 0.15) is 31.1 Å². The summed E-state index contributed by atoms with van der Waals surface area (Å²) in [4.78, 5) is 23.9. The van der Waals surface area contributed by atoms with Gasteiger partial charge >= 0.3 is 0 Å². The number of likely N-dealkylation sites (N-methyl/N-ethyl adjacent to an activating group) is 1. The SMILES string of the molecule is CCNC(=O)C(C)(C)NC(=O)c1ccc(Cl)cc1Cl. The minimum atomic E-state index is -1.02. The molecule has 2 N–H and O–H groups in total. The summed E-state index contributed by atoms with van der Waals surface area (Å²) < 4.78 is 0. The molecule has 0 spiro atoms. The maximum Gasteiger partial charge on any atom is 0.253 e. The zero-order valence-corrected chi connectivity index (χ0v) is 12.5. The van der Waals surface area contributed by atoms with E-state index in [2.05, 4.69) is 10.6 Å². The Bertz CT molecular complexity index is 501. The Kier molecular flexibility index (Phi) is 5.20. The average Bonchev–Trinajstić information content (AvgIpc) is 2.28. The highest BCUT2D eigenvalue weighted by Gasteiger charge is 2.29. The highest BCUT2D eigenvalue weighted by molar-refractivity contribution is 6.36. The molecule has 0 aliphatic rings. The molecule has 1 rings (SSSR count). The van der Waals surface area contributed by atoms with E-state index in [1.807, 2.05) is 6.92 Å². The van der Waals surface area contributed by atoms with Gasteiger partial charge in [-0.1, -0.05) is 23.2 Å². The van der Waals surface area contributed by atoms with E-state index < -0.39 is 11.4 Å². The third-order valence-electron chi connectivity index (χ3n) is 2.51. The van der Waals surface area contributed by atoms with E-state index >= 15 is 0 Å². The highest BCUT2D eigenvalue weighted by Crippen LogP contribution is 2.21. The van der Waals surface area contributed by atoms with Crippen LogP contribution in [0, 0.1) is 0 Å². The van der Waals surface area contributed by atoms with E-state index in [9.17, 15) is 9.59 Å². The second-order valence-electron chi connectivity index (χ2n) is 4.56. The lowest BCUT2D eigenvalue weighted by molar-refractivity contribution is -0.126. The van der Waals surface area contributed by atoms with Gasteiger partial charge in [0.25, 0.3) is 5.91 Å². The second kappa shape index (κ2) is 6.26. The quantitative estimate of drug-likeness (QED) is 0.898. The van der Waals surface area contributed by atoms with Crippen molar-refractivity contribution in [3.8, 4) is 0 Å². The Hall–Kier alpha value is -1.26. The first-order valence-electron chi connectivity index (χ1n) is 5.83. The summed E-state index contributed by atoms with van der Waals surface area (Å²) in [6.07, 6.45) is 0. The van der Waals surface area contributed by atoms with Gasteiger partial charge in [-0.2, -0.15) is 0 Å². The molecule has 104 valence electrons. The maximum atomic E-state index is 12.1. The number of hydrogen-bond donors (Lipinski definition) is 2. The van der Waals surface area contributed by atoms with Crippen LogP contribution < -0.4 is 10.6 Å². The van der Waals surface area contributed by atoms with Gasteiger partial charge in [0.05, 0.1) is 10.6 Å². The van der Waals surface area contributed by atoms with Gasteiger partial charge in [0.1, 0.15) is 5.54 Å². The van der Waals surface area contributed by atoms with Crippen molar-refractivity contribution >= 4 is 35.0 Å². The molecule has 6 heteroatoms. The molecular formula is C13H16Cl2N2O2. The molecule has 0 aliphatic carbocycles. The van der Waals surface area contributed by atoms with Crippen LogP contribution in [0.3, 0.4) is 0 Å². The van der Waals surface area contributed by atoms with Gasteiger partial charge in [0, 0.05) is 11.6 Å². The van der Waals surface area contributed by atoms with Crippen LogP contribution in [0.15, 0.2) is 18.2 Å². The summed E-state index contributed by atoms with van der Waals surface area (Å²) in [6, 6.07) is 4.58. The number of nitrogens with one attached hydrogen (secondary N) is 2. The van der Waals surface area contributed by atoms with Crippen molar-refractivity contribution in [3.05, 3.63) is 33.8 Å². The Labute approximate surface area is 122 Å². The molecule has 0 aliphatic heterocycles. The first-order valence-corrected chi connectivity index (χ1v) is 6.59. The summed E-state index contributed by atoms with van der Waals surface area (Å²) in [5, 5.41) is 5.99. The largest absolute Gasteiger partial charge is 0.354 e. The second-order valence-corrected chi connectivity index (χ2v) is 5.41. The van der Waals surface area contributed by atoms with Crippen molar-refractivity contribution in [2.24, 2.45) is 0 Å². The van der Waals surface area contributed by atoms with E-state index in [1.165, 1.54) is 12.1 Å². The zero-order valence-electron chi connectivity index (χ0n) is 11.0. The highest BCUT2D eigenvalue weighted by atomic mass is 35.5. The van der Waals surface area contributed by atoms with Crippen LogP contribution in [-0.2, 0) is 4.79 Å². The summed E-state index contributed by atoms with van der Waals surface area (Å²) in [5.74, 6) is -0.675. The summed E-state index contributed by atoms with van der Waals surface area (Å²) in [5.41, 5.74) is -0.737. The molecule has 0 fully saturated rings. The standard InChI is InChI=1S/C13H16Cl2N2O2/c1-4-16-12(19)13(2,3)17-11(18)9-6-5-8(14)7-10(9)15/h5-7H,4H2,1-3H3,(H,16,19)(H,17,18). The van der Waals surface area contributed by atoms with Crippen molar-refractivity contribution in [2.75, 3.05) is 6.54 Å². The lowest BCUT2D eigenvalue weighted by atomic mass is 10.0. The van der Waals surface area contributed by atoms with Crippen LogP contribution in [0.4, 0.5) is 0 Å². The number of carbonyl (C=O) groups excluding carboxylic acids is 2. The van der Waals surface area contributed by atoms with Gasteiger partial charge in [0.15, 0.2) is 0 Å². The van der Waals surface area contributed by atoms with Gasteiger partial charge in [-0.25, -0.2) is 0 Å². The third-order valence-corrected chi connectivity index (χ3v) is 3.05. The van der Waals surface area contributed by atoms with Crippen molar-refractivity contribution < 1.29 is 9.59 Å². The molecule has 0 atom stereocenters. The zero-order chi connectivity index (χ0) is 14.6. The van der Waals surface area contributed by atoms with Crippen LogP contribution in [-0.4, -0.2) is 23.9 Å². The molecule has 2 amide bonds. The number of rotatable bonds is 4. The van der Waals surface area contributed by atoms with E-state index in [-0.39, 0.29) is 16.5 Å². The molecule has 0 saturated carbocycles. The van der Waals surface area contributed by atoms with Crippen LogP contribution in [0.25, 0.3) is 0 Å². The molecule has 0 radical (unpaired) electrons. The predicted molar refractivity (Wildman–Crippen MR) is 76.7 cm³/mol. The third kappa shape index (κ3) is 4.11. The van der Waals surface area contributed by atoms with Crippen LogP contribution >= 0.6 is 23.2 Å².